The summed E-state index contributed by atoms with van der Waals surface area (Å²) in [6.45, 7) is 0. The van der Waals surface area contributed by atoms with Crippen molar-refractivity contribution >= 4 is 55.6 Å². The smallest absolute Gasteiger partial charge is 0.288 e. The summed E-state index contributed by atoms with van der Waals surface area (Å²) in [6, 6.07) is 8.87. The maximum Gasteiger partial charge on any atom is 0.288 e. The molecule has 0 fully saturated rings. The van der Waals surface area contributed by atoms with E-state index in [1.54, 1.807) is 36.0 Å². The van der Waals surface area contributed by atoms with Crippen molar-refractivity contribution in [3.8, 4) is 0 Å². The van der Waals surface area contributed by atoms with Crippen LogP contribution in [0.15, 0.2) is 44.5 Å². The zero-order chi connectivity index (χ0) is 14.7. The number of hydrazone groups is 1. The minimum absolute atomic E-state index is 0.288. The fourth-order valence-corrected chi connectivity index (χ4v) is 2.45. The lowest BCUT2D eigenvalue weighted by molar-refractivity contribution is 0.0947. The monoisotopic (exact) mass is 417 g/mol. The van der Waals surface area contributed by atoms with E-state index in [4.69, 9.17) is 11.6 Å². The highest BCUT2D eigenvalue weighted by molar-refractivity contribution is 9.13. The van der Waals surface area contributed by atoms with Crippen molar-refractivity contribution in [1.29, 1.82) is 0 Å². The molecule has 4 nitrogen and oxygen atoms in total. The van der Waals surface area contributed by atoms with Crippen molar-refractivity contribution < 1.29 is 4.79 Å². The average Bonchev–Trinajstić information content (AvgIpc) is 2.69. The summed E-state index contributed by atoms with van der Waals surface area (Å²) >= 11 is 12.5. The molecule has 0 aliphatic heterocycles. The van der Waals surface area contributed by atoms with Gasteiger partial charge in [0.2, 0.25) is 0 Å². The van der Waals surface area contributed by atoms with E-state index in [-0.39, 0.29) is 5.91 Å². The number of aromatic nitrogens is 1. The van der Waals surface area contributed by atoms with E-state index < -0.39 is 0 Å². The van der Waals surface area contributed by atoms with E-state index in [9.17, 15) is 4.79 Å². The Hall–Kier alpha value is -1.11. The van der Waals surface area contributed by atoms with Crippen LogP contribution in [0, 0.1) is 0 Å². The van der Waals surface area contributed by atoms with Gasteiger partial charge in [-0.1, -0.05) is 23.7 Å². The van der Waals surface area contributed by atoms with Gasteiger partial charge in [-0.3, -0.25) is 4.79 Å². The number of hydrogen-bond donors (Lipinski definition) is 1. The van der Waals surface area contributed by atoms with Crippen molar-refractivity contribution in [2.45, 2.75) is 0 Å². The highest BCUT2D eigenvalue weighted by Crippen LogP contribution is 2.26. The largest absolute Gasteiger partial charge is 0.333 e. The van der Waals surface area contributed by atoms with Gasteiger partial charge in [0, 0.05) is 12.1 Å². The lowest BCUT2D eigenvalue weighted by Crippen LogP contribution is -2.20. The van der Waals surface area contributed by atoms with Gasteiger partial charge < -0.3 is 4.57 Å². The topological polar surface area (TPSA) is 46.4 Å². The molecular weight excluding hydrogens is 409 g/mol. The molecule has 7 heteroatoms. The third kappa shape index (κ3) is 3.50. The van der Waals surface area contributed by atoms with E-state index in [2.05, 4.69) is 42.4 Å². The third-order valence-electron chi connectivity index (χ3n) is 2.60. The normalized spacial score (nSPS) is 11.0. The summed E-state index contributed by atoms with van der Waals surface area (Å²) in [5.74, 6) is -0.288. The van der Waals surface area contributed by atoms with Gasteiger partial charge >= 0.3 is 0 Å². The van der Waals surface area contributed by atoms with E-state index in [1.807, 2.05) is 12.1 Å². The first kappa shape index (κ1) is 15.3. The van der Waals surface area contributed by atoms with Crippen molar-refractivity contribution in [1.82, 2.24) is 9.99 Å². The van der Waals surface area contributed by atoms with Gasteiger partial charge in [0.05, 0.1) is 15.3 Å². The zero-order valence-corrected chi connectivity index (χ0v) is 14.3. The summed E-state index contributed by atoms with van der Waals surface area (Å²) in [7, 11) is 1.78. The number of nitrogens with one attached hydrogen (secondary N) is 1. The van der Waals surface area contributed by atoms with Crippen molar-refractivity contribution in [3.63, 3.8) is 0 Å². The van der Waals surface area contributed by atoms with Crippen LogP contribution in [0.1, 0.15) is 16.1 Å². The molecule has 104 valence electrons. The second kappa shape index (κ2) is 6.56. The zero-order valence-electron chi connectivity index (χ0n) is 10.4. The Morgan fingerprint density at radius 1 is 1.35 bits per heavy atom. The molecular formula is C13H10Br2ClN3O. The minimum Gasteiger partial charge on any atom is -0.333 e. The summed E-state index contributed by atoms with van der Waals surface area (Å²) < 4.78 is 3.33. The van der Waals surface area contributed by atoms with E-state index in [0.717, 1.165) is 14.6 Å². The van der Waals surface area contributed by atoms with Crippen LogP contribution >= 0.6 is 43.5 Å². The van der Waals surface area contributed by atoms with Crippen molar-refractivity contribution in [3.05, 3.63) is 55.7 Å². The maximum absolute atomic E-state index is 12.0. The molecule has 1 aromatic carbocycles. The van der Waals surface area contributed by atoms with Crippen LogP contribution in [-0.4, -0.2) is 16.7 Å². The molecule has 0 saturated carbocycles. The second-order valence-corrected chi connectivity index (χ2v) is 6.02. The van der Waals surface area contributed by atoms with Gasteiger partial charge in [0.15, 0.2) is 0 Å². The van der Waals surface area contributed by atoms with Crippen LogP contribution in [0.4, 0.5) is 0 Å². The van der Waals surface area contributed by atoms with E-state index in [1.165, 1.54) is 0 Å². The lowest BCUT2D eigenvalue weighted by Gasteiger charge is -2.02. The number of amides is 1. The Bertz CT molecular complexity index is 665. The highest BCUT2D eigenvalue weighted by Gasteiger charge is 2.14. The highest BCUT2D eigenvalue weighted by atomic mass is 79.9. The number of halogens is 3. The van der Waals surface area contributed by atoms with E-state index >= 15 is 0 Å². The summed E-state index contributed by atoms with van der Waals surface area (Å²) in [4.78, 5) is 12.0. The quantitative estimate of drug-likeness (QED) is 0.594. The van der Waals surface area contributed by atoms with Crippen LogP contribution in [0.2, 0.25) is 5.02 Å². The summed E-state index contributed by atoms with van der Waals surface area (Å²) in [5, 5.41) is 4.57. The summed E-state index contributed by atoms with van der Waals surface area (Å²) in [6.07, 6.45) is 1.56. The first-order chi connectivity index (χ1) is 9.49. The fourth-order valence-electron chi connectivity index (χ4n) is 1.53. The van der Waals surface area contributed by atoms with Crippen LogP contribution in [-0.2, 0) is 7.05 Å². The first-order valence-corrected chi connectivity index (χ1v) is 7.55. The number of rotatable bonds is 3. The Balaban J connectivity index is 2.05. The molecule has 2 rings (SSSR count). The van der Waals surface area contributed by atoms with Crippen LogP contribution in [0.5, 0.6) is 0 Å². The SMILES string of the molecule is Cn1c(C(=O)N/N=C/c2ccc(Cl)cc2)cc(Br)c1Br. The molecule has 1 heterocycles. The Labute approximate surface area is 138 Å². The number of carbonyl (C=O) groups excluding carboxylic acids is 1. The Morgan fingerprint density at radius 3 is 2.55 bits per heavy atom. The third-order valence-corrected chi connectivity index (χ3v) is 4.95. The number of carbonyl (C=O) groups is 1. The van der Waals surface area contributed by atoms with Gasteiger partial charge in [-0.05, 0) is 55.6 Å². The van der Waals surface area contributed by atoms with E-state index in [0.29, 0.717) is 10.7 Å². The van der Waals surface area contributed by atoms with Gasteiger partial charge in [0.25, 0.3) is 5.91 Å². The molecule has 1 aromatic heterocycles. The Morgan fingerprint density at radius 2 is 2.00 bits per heavy atom. The predicted molar refractivity (Wildman–Crippen MR) is 87.3 cm³/mol. The molecule has 0 atom stereocenters. The van der Waals surface area contributed by atoms with Gasteiger partial charge in [-0.15, -0.1) is 0 Å². The van der Waals surface area contributed by atoms with Gasteiger partial charge in [-0.25, -0.2) is 5.43 Å². The minimum atomic E-state index is -0.288. The molecule has 0 saturated heterocycles. The van der Waals surface area contributed by atoms with Crippen LogP contribution in [0.3, 0.4) is 0 Å². The Kier molecular flexibility index (Phi) is 5.01. The molecule has 20 heavy (non-hydrogen) atoms. The van der Waals surface area contributed by atoms with Crippen molar-refractivity contribution in [2.75, 3.05) is 0 Å². The van der Waals surface area contributed by atoms with Gasteiger partial charge in [-0.2, -0.15) is 5.10 Å². The molecule has 0 unspecified atom stereocenters. The second-order valence-electron chi connectivity index (χ2n) is 3.98. The maximum atomic E-state index is 12.0. The molecule has 1 N–H and O–H groups in total. The molecule has 0 aliphatic rings. The molecule has 2 aromatic rings. The van der Waals surface area contributed by atoms with Crippen molar-refractivity contribution in [2.24, 2.45) is 12.1 Å². The molecule has 0 radical (unpaired) electrons. The van der Waals surface area contributed by atoms with Crippen LogP contribution in [0.25, 0.3) is 0 Å². The molecule has 0 spiro atoms. The lowest BCUT2D eigenvalue weighted by atomic mass is 10.2. The first-order valence-electron chi connectivity index (χ1n) is 5.58. The number of nitrogens with zero attached hydrogens (tertiary/aromatic N) is 2. The molecule has 1 amide bonds. The van der Waals surface area contributed by atoms with Crippen LogP contribution < -0.4 is 5.43 Å². The standard InChI is InChI=1S/C13H10Br2ClN3O/c1-19-11(6-10(14)12(19)15)13(20)18-17-7-8-2-4-9(16)5-3-8/h2-7H,1H3,(H,18,20)/b17-7+. The number of benzene rings is 1. The van der Waals surface area contributed by atoms with Gasteiger partial charge in [0.1, 0.15) is 5.69 Å². The predicted octanol–water partition coefficient (Wildman–Crippen LogP) is 3.97. The fraction of sp³-hybridized carbons (Fsp3) is 0.0769. The summed E-state index contributed by atoms with van der Waals surface area (Å²) in [5.41, 5.74) is 3.83. The number of hydrogen-bond acceptors (Lipinski definition) is 2. The molecule has 0 bridgehead atoms. The molecule has 0 aliphatic carbocycles. The average molecular weight is 420 g/mol.